The number of nitrogens with two attached hydrogens (primary N) is 1. The molecule has 0 spiro atoms. The van der Waals surface area contributed by atoms with Crippen molar-refractivity contribution in [2.24, 2.45) is 0 Å². The van der Waals surface area contributed by atoms with Gasteiger partial charge < -0.3 is 15.7 Å². The maximum atomic E-state index is 13.2. The second kappa shape index (κ2) is 5.26. The van der Waals surface area contributed by atoms with Crippen LogP contribution in [0.25, 0.3) is 0 Å². The van der Waals surface area contributed by atoms with Crippen LogP contribution < -0.4 is 5.73 Å². The Balaban J connectivity index is 2.31. The van der Waals surface area contributed by atoms with Gasteiger partial charge in [0.25, 0.3) is 5.91 Å². The van der Waals surface area contributed by atoms with Crippen LogP contribution in [0.2, 0.25) is 0 Å². The van der Waals surface area contributed by atoms with Gasteiger partial charge in [0.1, 0.15) is 11.9 Å². The van der Waals surface area contributed by atoms with Gasteiger partial charge in [0.2, 0.25) is 0 Å². The number of hydrogen-bond acceptors (Lipinski definition) is 3. The summed E-state index contributed by atoms with van der Waals surface area (Å²) in [7, 11) is 0. The summed E-state index contributed by atoms with van der Waals surface area (Å²) >= 11 is 0. The van der Waals surface area contributed by atoms with Crippen molar-refractivity contribution in [2.75, 3.05) is 12.3 Å². The molecule has 1 amide bonds. The number of likely N-dealkylation sites (tertiary alicyclic amines) is 1. The second-order valence-electron chi connectivity index (χ2n) is 4.58. The molecule has 0 aromatic heterocycles. The molecule has 0 aliphatic carbocycles. The average Bonchev–Trinajstić information content (AvgIpc) is 2.40. The molecule has 0 radical (unpaired) electrons. The van der Waals surface area contributed by atoms with E-state index in [0.29, 0.717) is 13.0 Å². The highest BCUT2D eigenvalue weighted by atomic mass is 19.1. The lowest BCUT2D eigenvalue weighted by molar-refractivity contribution is -0.143. The number of piperidine rings is 1. The normalized spacial score (nSPS) is 19.2. The Kier molecular flexibility index (Phi) is 3.69. The summed E-state index contributed by atoms with van der Waals surface area (Å²) in [4.78, 5) is 24.7. The van der Waals surface area contributed by atoms with Crippen molar-refractivity contribution < 1.29 is 19.1 Å². The molecule has 1 heterocycles. The van der Waals surface area contributed by atoms with E-state index in [4.69, 9.17) is 10.8 Å². The van der Waals surface area contributed by atoms with Crippen molar-refractivity contribution in [3.05, 3.63) is 29.6 Å². The fourth-order valence-corrected chi connectivity index (χ4v) is 2.30. The number of carboxylic acid groups (broad SMARTS) is 1. The SMILES string of the molecule is Nc1ccc(F)cc1C(=O)N1CCCC[C@H]1C(=O)O. The molecule has 1 atom stereocenters. The third-order valence-corrected chi connectivity index (χ3v) is 3.29. The van der Waals surface area contributed by atoms with E-state index in [0.717, 1.165) is 25.0 Å². The summed E-state index contributed by atoms with van der Waals surface area (Å²) in [5.74, 6) is -2.13. The number of benzene rings is 1. The van der Waals surface area contributed by atoms with Gasteiger partial charge in [-0.3, -0.25) is 4.79 Å². The number of nitrogens with zero attached hydrogens (tertiary/aromatic N) is 1. The fraction of sp³-hybridized carbons (Fsp3) is 0.385. The number of anilines is 1. The minimum Gasteiger partial charge on any atom is -0.480 e. The third kappa shape index (κ3) is 2.67. The average molecular weight is 266 g/mol. The van der Waals surface area contributed by atoms with Gasteiger partial charge in [-0.25, -0.2) is 9.18 Å². The Morgan fingerprint density at radius 1 is 1.37 bits per heavy atom. The van der Waals surface area contributed by atoms with Crippen molar-refractivity contribution in [2.45, 2.75) is 25.3 Å². The number of rotatable bonds is 2. The molecule has 19 heavy (non-hydrogen) atoms. The summed E-state index contributed by atoms with van der Waals surface area (Å²) < 4.78 is 13.2. The van der Waals surface area contributed by atoms with Crippen LogP contribution in [0.3, 0.4) is 0 Å². The molecule has 3 N–H and O–H groups in total. The first-order valence-electron chi connectivity index (χ1n) is 6.09. The van der Waals surface area contributed by atoms with Crippen LogP contribution in [-0.4, -0.2) is 34.5 Å². The fourth-order valence-electron chi connectivity index (χ4n) is 2.30. The van der Waals surface area contributed by atoms with E-state index in [2.05, 4.69) is 0 Å². The first-order chi connectivity index (χ1) is 9.00. The maximum absolute atomic E-state index is 13.2. The van der Waals surface area contributed by atoms with Crippen LogP contribution in [0.15, 0.2) is 18.2 Å². The molecule has 1 aromatic rings. The molecule has 6 heteroatoms. The van der Waals surface area contributed by atoms with Gasteiger partial charge in [-0.15, -0.1) is 0 Å². The minimum absolute atomic E-state index is 0.0214. The molecule has 1 fully saturated rings. The molecule has 2 rings (SSSR count). The number of aliphatic carboxylic acids is 1. The highest BCUT2D eigenvalue weighted by Gasteiger charge is 2.33. The van der Waals surface area contributed by atoms with Gasteiger partial charge in [0.05, 0.1) is 5.56 Å². The van der Waals surface area contributed by atoms with Crippen LogP contribution in [0.1, 0.15) is 29.6 Å². The predicted octanol–water partition coefficient (Wildman–Crippen LogP) is 1.49. The molecule has 0 unspecified atom stereocenters. The standard InChI is InChI=1S/C13H15FN2O3/c14-8-4-5-10(15)9(7-8)12(17)16-6-2-1-3-11(16)13(18)19/h4-5,7,11H,1-3,6,15H2,(H,18,19)/t11-/m0/s1. The number of hydrogen-bond donors (Lipinski definition) is 2. The molecule has 1 aliphatic heterocycles. The first kappa shape index (κ1) is 13.3. The van der Waals surface area contributed by atoms with E-state index in [-0.39, 0.29) is 11.3 Å². The summed E-state index contributed by atoms with van der Waals surface area (Å²) in [5.41, 5.74) is 5.83. The van der Waals surface area contributed by atoms with Crippen molar-refractivity contribution in [1.82, 2.24) is 4.90 Å². The van der Waals surface area contributed by atoms with Crippen LogP contribution in [-0.2, 0) is 4.79 Å². The second-order valence-corrected chi connectivity index (χ2v) is 4.58. The summed E-state index contributed by atoms with van der Waals surface area (Å²) in [6, 6.07) is 2.66. The van der Waals surface area contributed by atoms with E-state index in [1.165, 1.54) is 11.0 Å². The van der Waals surface area contributed by atoms with Crippen molar-refractivity contribution >= 4 is 17.6 Å². The Hall–Kier alpha value is -2.11. The van der Waals surface area contributed by atoms with Gasteiger partial charge in [0.15, 0.2) is 0 Å². The van der Waals surface area contributed by atoms with E-state index in [1.807, 2.05) is 0 Å². The number of amides is 1. The lowest BCUT2D eigenvalue weighted by Crippen LogP contribution is -2.48. The van der Waals surface area contributed by atoms with Gasteiger partial charge in [-0.05, 0) is 37.5 Å². The monoisotopic (exact) mass is 266 g/mol. The Morgan fingerprint density at radius 2 is 2.11 bits per heavy atom. The van der Waals surface area contributed by atoms with Gasteiger partial charge in [-0.1, -0.05) is 0 Å². The number of carboxylic acids is 1. The van der Waals surface area contributed by atoms with E-state index >= 15 is 0 Å². The van der Waals surface area contributed by atoms with Crippen molar-refractivity contribution in [3.8, 4) is 0 Å². The van der Waals surface area contributed by atoms with Gasteiger partial charge in [-0.2, -0.15) is 0 Å². The molecular weight excluding hydrogens is 251 g/mol. The van der Waals surface area contributed by atoms with Crippen molar-refractivity contribution in [1.29, 1.82) is 0 Å². The molecule has 102 valence electrons. The zero-order valence-corrected chi connectivity index (χ0v) is 10.3. The van der Waals surface area contributed by atoms with Crippen molar-refractivity contribution in [3.63, 3.8) is 0 Å². The first-order valence-corrected chi connectivity index (χ1v) is 6.09. The lowest BCUT2D eigenvalue weighted by Gasteiger charge is -2.33. The number of carbonyl (C=O) groups is 2. The number of carbonyl (C=O) groups excluding carboxylic acids is 1. The molecule has 1 aliphatic rings. The Bertz CT molecular complexity index is 519. The van der Waals surface area contributed by atoms with Gasteiger partial charge >= 0.3 is 5.97 Å². The highest BCUT2D eigenvalue weighted by molar-refractivity contribution is 6.00. The Morgan fingerprint density at radius 3 is 2.79 bits per heavy atom. The quantitative estimate of drug-likeness (QED) is 0.794. The lowest BCUT2D eigenvalue weighted by atomic mass is 10.0. The molecule has 5 nitrogen and oxygen atoms in total. The molecule has 1 aromatic carbocycles. The molecular formula is C13H15FN2O3. The summed E-state index contributed by atoms with van der Waals surface area (Å²) in [6.45, 7) is 0.353. The maximum Gasteiger partial charge on any atom is 0.326 e. The Labute approximate surface area is 109 Å². The largest absolute Gasteiger partial charge is 0.480 e. The van der Waals surface area contributed by atoms with E-state index in [9.17, 15) is 14.0 Å². The van der Waals surface area contributed by atoms with Crippen LogP contribution >= 0.6 is 0 Å². The van der Waals surface area contributed by atoms with E-state index < -0.39 is 23.7 Å². The number of nitrogen functional groups attached to an aromatic ring is 1. The molecule has 0 bridgehead atoms. The van der Waals surface area contributed by atoms with E-state index in [1.54, 1.807) is 0 Å². The molecule has 0 saturated carbocycles. The topological polar surface area (TPSA) is 83.6 Å². The highest BCUT2D eigenvalue weighted by Crippen LogP contribution is 2.23. The summed E-state index contributed by atoms with van der Waals surface area (Å²) in [6.07, 6.45) is 1.92. The predicted molar refractivity (Wildman–Crippen MR) is 67.1 cm³/mol. The molecule has 1 saturated heterocycles. The van der Waals surface area contributed by atoms with Crippen LogP contribution in [0.4, 0.5) is 10.1 Å². The zero-order chi connectivity index (χ0) is 14.0. The van der Waals surface area contributed by atoms with Crippen LogP contribution in [0.5, 0.6) is 0 Å². The smallest absolute Gasteiger partial charge is 0.326 e. The van der Waals surface area contributed by atoms with Gasteiger partial charge in [0, 0.05) is 12.2 Å². The summed E-state index contributed by atoms with van der Waals surface area (Å²) in [5, 5.41) is 9.13. The van der Waals surface area contributed by atoms with Crippen LogP contribution in [0, 0.1) is 5.82 Å². The number of halogens is 1. The third-order valence-electron chi connectivity index (χ3n) is 3.29. The zero-order valence-electron chi connectivity index (χ0n) is 10.3. The minimum atomic E-state index is -1.04.